The molecule has 0 spiro atoms. The van der Waals surface area contributed by atoms with Crippen LogP contribution in [0.4, 0.5) is 5.69 Å². The number of anilines is 1. The van der Waals surface area contributed by atoms with Gasteiger partial charge in [-0.15, -0.1) is 0 Å². The predicted octanol–water partition coefficient (Wildman–Crippen LogP) is 3.65. The van der Waals surface area contributed by atoms with Crippen molar-refractivity contribution < 1.29 is 9.21 Å². The number of hydrogen-bond donors (Lipinski definition) is 1. The Labute approximate surface area is 140 Å². The second-order valence-electron chi connectivity index (χ2n) is 6.03. The first kappa shape index (κ1) is 15.5. The number of fused-ring (bicyclic) bond motifs is 1. The molecule has 118 valence electrons. The van der Waals surface area contributed by atoms with E-state index in [1.54, 1.807) is 12.1 Å². The number of thiocarbonyl (C=S) groups is 1. The first-order chi connectivity index (χ1) is 10.9. The van der Waals surface area contributed by atoms with Crippen molar-refractivity contribution in [1.29, 1.82) is 0 Å². The van der Waals surface area contributed by atoms with Crippen LogP contribution >= 0.6 is 12.2 Å². The second kappa shape index (κ2) is 5.66. The van der Waals surface area contributed by atoms with Crippen molar-refractivity contribution in [2.75, 3.05) is 11.9 Å². The van der Waals surface area contributed by atoms with Gasteiger partial charge in [-0.2, -0.15) is 0 Å². The Kier molecular flexibility index (Phi) is 3.82. The lowest BCUT2D eigenvalue weighted by Crippen LogP contribution is -2.30. The van der Waals surface area contributed by atoms with Gasteiger partial charge in [-0.3, -0.25) is 4.79 Å². The fourth-order valence-electron chi connectivity index (χ4n) is 3.00. The van der Waals surface area contributed by atoms with Crippen LogP contribution in [0.15, 0.2) is 58.9 Å². The highest BCUT2D eigenvalue weighted by Gasteiger charge is 2.38. The fourth-order valence-corrected chi connectivity index (χ4v) is 3.20. The largest absolute Gasteiger partial charge is 0.459 e. The van der Waals surface area contributed by atoms with Crippen molar-refractivity contribution in [3.63, 3.8) is 0 Å². The van der Waals surface area contributed by atoms with Gasteiger partial charge in [-0.1, -0.05) is 44.3 Å². The molecule has 1 aromatic heterocycles. The third-order valence-electron chi connectivity index (χ3n) is 4.19. The Bertz CT molecular complexity index is 791. The number of carbonyl (C=O) groups is 1. The summed E-state index contributed by atoms with van der Waals surface area (Å²) in [6, 6.07) is 11.5. The van der Waals surface area contributed by atoms with E-state index in [0.29, 0.717) is 4.99 Å². The topological polar surface area (TPSA) is 45.5 Å². The van der Waals surface area contributed by atoms with Crippen LogP contribution < -0.4 is 10.2 Å². The minimum absolute atomic E-state index is 0.176. The Morgan fingerprint density at radius 1 is 1.26 bits per heavy atom. The molecule has 2 heterocycles. The molecule has 23 heavy (non-hydrogen) atoms. The summed E-state index contributed by atoms with van der Waals surface area (Å²) in [5.41, 5.74) is 3.27. The molecule has 1 N–H and O–H groups in total. The molecule has 1 aromatic carbocycles. The average molecular weight is 326 g/mol. The number of benzene rings is 1. The molecule has 0 saturated heterocycles. The quantitative estimate of drug-likeness (QED) is 0.676. The smallest absolute Gasteiger partial charge is 0.291 e. The Morgan fingerprint density at radius 3 is 2.65 bits per heavy atom. The van der Waals surface area contributed by atoms with Crippen LogP contribution in [-0.4, -0.2) is 17.9 Å². The number of likely N-dealkylation sites (N-methyl/N-ethyl adjacent to an activating group) is 1. The lowest BCUT2D eigenvalue weighted by Gasteiger charge is -2.24. The van der Waals surface area contributed by atoms with E-state index in [4.69, 9.17) is 16.6 Å². The third kappa shape index (κ3) is 2.68. The van der Waals surface area contributed by atoms with Gasteiger partial charge in [0.2, 0.25) is 0 Å². The highest BCUT2D eigenvalue weighted by Crippen LogP contribution is 2.46. The number of rotatable bonds is 2. The van der Waals surface area contributed by atoms with E-state index in [9.17, 15) is 4.79 Å². The van der Waals surface area contributed by atoms with E-state index in [0.717, 1.165) is 11.4 Å². The number of furan rings is 1. The lowest BCUT2D eigenvalue weighted by molar-refractivity contribution is 0.0951. The maximum Gasteiger partial charge on any atom is 0.291 e. The summed E-state index contributed by atoms with van der Waals surface area (Å²) in [4.78, 5) is 14.5. The number of nitrogens with one attached hydrogen (secondary N) is 1. The van der Waals surface area contributed by atoms with E-state index in [2.05, 4.69) is 36.2 Å². The molecule has 0 aliphatic carbocycles. The van der Waals surface area contributed by atoms with Crippen molar-refractivity contribution in [3.05, 3.63) is 65.8 Å². The van der Waals surface area contributed by atoms with E-state index in [1.807, 2.05) is 25.3 Å². The van der Waals surface area contributed by atoms with Crippen molar-refractivity contribution in [1.82, 2.24) is 5.32 Å². The van der Waals surface area contributed by atoms with Crippen molar-refractivity contribution in [2.45, 2.75) is 19.3 Å². The van der Waals surface area contributed by atoms with Gasteiger partial charge in [0.15, 0.2) is 5.76 Å². The molecule has 0 saturated carbocycles. The highest BCUT2D eigenvalue weighted by molar-refractivity contribution is 7.80. The number of carbonyl (C=O) groups excluding carboxylic acids is 1. The van der Waals surface area contributed by atoms with E-state index in [1.165, 1.54) is 11.8 Å². The number of para-hydroxylation sites is 1. The predicted molar refractivity (Wildman–Crippen MR) is 94.7 cm³/mol. The molecule has 5 heteroatoms. The highest BCUT2D eigenvalue weighted by atomic mass is 32.1. The lowest BCUT2D eigenvalue weighted by atomic mass is 9.84. The first-order valence-corrected chi connectivity index (χ1v) is 7.76. The number of nitrogens with zero attached hydrogens (tertiary/aromatic N) is 1. The molecule has 0 bridgehead atoms. The first-order valence-electron chi connectivity index (χ1n) is 7.35. The van der Waals surface area contributed by atoms with Crippen LogP contribution in [0, 0.1) is 0 Å². The van der Waals surface area contributed by atoms with Gasteiger partial charge in [-0.25, -0.2) is 0 Å². The molecule has 4 nitrogen and oxygen atoms in total. The molecule has 2 aromatic rings. The summed E-state index contributed by atoms with van der Waals surface area (Å²) in [6.45, 7) is 4.30. The molecular weight excluding hydrogens is 308 g/mol. The number of allylic oxidation sites excluding steroid dienone is 1. The average Bonchev–Trinajstić information content (AvgIpc) is 3.11. The van der Waals surface area contributed by atoms with Crippen molar-refractivity contribution in [3.8, 4) is 0 Å². The van der Waals surface area contributed by atoms with E-state index >= 15 is 0 Å². The molecule has 1 amide bonds. The standard InChI is InChI=1S/C18H18N2O2S/c1-18(2)12-7-4-5-8-13(12)20(3)15(18)11-16(23)19-17(21)14-9-6-10-22-14/h4-11H,1-3H3,(H,19,21,23)/b15-11-. The summed E-state index contributed by atoms with van der Waals surface area (Å²) < 4.78 is 5.08. The third-order valence-corrected chi connectivity index (χ3v) is 4.41. The molecule has 1 aliphatic heterocycles. The van der Waals surface area contributed by atoms with Gasteiger partial charge in [-0.05, 0) is 29.8 Å². The Morgan fingerprint density at radius 2 is 2.00 bits per heavy atom. The van der Waals surface area contributed by atoms with Gasteiger partial charge in [0, 0.05) is 23.8 Å². The van der Waals surface area contributed by atoms with Crippen LogP contribution in [0.1, 0.15) is 30.0 Å². The van der Waals surface area contributed by atoms with Gasteiger partial charge in [0.25, 0.3) is 5.91 Å². The summed E-state index contributed by atoms with van der Waals surface area (Å²) >= 11 is 5.33. The molecule has 1 aliphatic rings. The van der Waals surface area contributed by atoms with Crippen molar-refractivity contribution >= 4 is 28.8 Å². The molecular formula is C18H18N2O2S. The maximum absolute atomic E-state index is 12.0. The van der Waals surface area contributed by atoms with Gasteiger partial charge >= 0.3 is 0 Å². The Hall–Kier alpha value is -2.40. The summed E-state index contributed by atoms with van der Waals surface area (Å²) in [5.74, 6) is -0.0964. The van der Waals surface area contributed by atoms with Gasteiger partial charge in [0.1, 0.15) is 4.99 Å². The van der Waals surface area contributed by atoms with Crippen molar-refractivity contribution in [2.24, 2.45) is 0 Å². The van der Waals surface area contributed by atoms with Crippen LogP contribution in [0.3, 0.4) is 0 Å². The van der Waals surface area contributed by atoms with Crippen LogP contribution in [0.2, 0.25) is 0 Å². The summed E-state index contributed by atoms with van der Waals surface area (Å²) in [5, 5.41) is 2.69. The molecule has 0 radical (unpaired) electrons. The minimum Gasteiger partial charge on any atom is -0.459 e. The van der Waals surface area contributed by atoms with Gasteiger partial charge in [0.05, 0.1) is 6.26 Å². The zero-order valence-corrected chi connectivity index (χ0v) is 14.1. The molecule has 3 rings (SSSR count). The number of amides is 1. The SMILES string of the molecule is CN1/C(=C\C(=S)NC(=O)c2ccco2)C(C)(C)c2ccccc21. The summed E-state index contributed by atoms with van der Waals surface area (Å²) in [7, 11) is 2.01. The van der Waals surface area contributed by atoms with Crippen LogP contribution in [0.25, 0.3) is 0 Å². The zero-order valence-electron chi connectivity index (χ0n) is 13.3. The summed E-state index contributed by atoms with van der Waals surface area (Å²) in [6.07, 6.45) is 3.30. The van der Waals surface area contributed by atoms with Crippen LogP contribution in [0.5, 0.6) is 0 Å². The van der Waals surface area contributed by atoms with E-state index < -0.39 is 0 Å². The number of hydrogen-bond acceptors (Lipinski definition) is 4. The zero-order chi connectivity index (χ0) is 16.6. The maximum atomic E-state index is 12.0. The van der Waals surface area contributed by atoms with E-state index in [-0.39, 0.29) is 17.1 Å². The molecule has 0 fully saturated rings. The van der Waals surface area contributed by atoms with Gasteiger partial charge < -0.3 is 14.6 Å². The Balaban J connectivity index is 1.85. The fraction of sp³-hybridized carbons (Fsp3) is 0.222. The minimum atomic E-state index is -0.340. The molecule has 0 unspecified atom stereocenters. The normalized spacial score (nSPS) is 17.2. The van der Waals surface area contributed by atoms with Crippen LogP contribution in [-0.2, 0) is 5.41 Å². The molecule has 0 atom stereocenters. The second-order valence-corrected chi connectivity index (χ2v) is 6.47. The monoisotopic (exact) mass is 326 g/mol.